The van der Waals surface area contributed by atoms with Crippen LogP contribution in [0.1, 0.15) is 17.3 Å². The molecule has 0 aliphatic carbocycles. The average molecular weight is 259 g/mol. The number of aromatic nitrogens is 2. The molecule has 1 aromatic carbocycles. The number of rotatable bonds is 5. The Balaban J connectivity index is 2.54. The Labute approximate surface area is 112 Å². The van der Waals surface area contributed by atoms with E-state index in [1.54, 1.807) is 32.8 Å². The fraction of sp³-hybridized carbons (Fsp3) is 0.286. The minimum Gasteiger partial charge on any atom is -0.496 e. The lowest BCUT2D eigenvalue weighted by molar-refractivity contribution is 0.378. The van der Waals surface area contributed by atoms with Gasteiger partial charge in [-0.05, 0) is 19.2 Å². The molecule has 0 aliphatic rings. The van der Waals surface area contributed by atoms with E-state index in [0.717, 1.165) is 22.8 Å². The van der Waals surface area contributed by atoms with Crippen molar-refractivity contribution in [3.63, 3.8) is 0 Å². The summed E-state index contributed by atoms with van der Waals surface area (Å²) in [5.74, 6) is 1.51. The van der Waals surface area contributed by atoms with Gasteiger partial charge in [0.2, 0.25) is 0 Å². The van der Waals surface area contributed by atoms with Gasteiger partial charge in [0.15, 0.2) is 0 Å². The van der Waals surface area contributed by atoms with E-state index in [-0.39, 0.29) is 6.04 Å². The molecule has 0 saturated carbocycles. The predicted octanol–water partition coefficient (Wildman–Crippen LogP) is 1.80. The highest BCUT2D eigenvalue weighted by atomic mass is 16.5. The van der Waals surface area contributed by atoms with Crippen molar-refractivity contribution in [3.05, 3.63) is 48.0 Å². The van der Waals surface area contributed by atoms with Crippen molar-refractivity contribution in [3.8, 4) is 11.5 Å². The molecule has 0 bridgehead atoms. The molecular weight excluding hydrogens is 242 g/mol. The van der Waals surface area contributed by atoms with Crippen LogP contribution in [0.4, 0.5) is 0 Å². The summed E-state index contributed by atoms with van der Waals surface area (Å²) >= 11 is 0. The third-order valence-electron chi connectivity index (χ3n) is 2.92. The van der Waals surface area contributed by atoms with Gasteiger partial charge in [0.25, 0.3) is 0 Å². The summed E-state index contributed by atoms with van der Waals surface area (Å²) in [5, 5.41) is 3.22. The van der Waals surface area contributed by atoms with E-state index in [2.05, 4.69) is 15.3 Å². The lowest BCUT2D eigenvalue weighted by Crippen LogP contribution is -2.20. The summed E-state index contributed by atoms with van der Waals surface area (Å²) < 4.78 is 10.8. The Hall–Kier alpha value is -2.14. The van der Waals surface area contributed by atoms with Gasteiger partial charge in [-0.3, -0.25) is 9.97 Å². The standard InChI is InChI=1S/C14H17N3O2/c1-15-14(10-9-16-7-8-17-10)13-11(18-2)5-4-6-12(13)19-3/h4-9,14-15H,1-3H3. The third kappa shape index (κ3) is 2.66. The molecule has 5 heteroatoms. The highest BCUT2D eigenvalue weighted by Crippen LogP contribution is 2.36. The van der Waals surface area contributed by atoms with Crippen LogP contribution in [0.25, 0.3) is 0 Å². The maximum Gasteiger partial charge on any atom is 0.127 e. The van der Waals surface area contributed by atoms with Gasteiger partial charge in [-0.15, -0.1) is 0 Å². The molecule has 2 rings (SSSR count). The van der Waals surface area contributed by atoms with Crippen molar-refractivity contribution >= 4 is 0 Å². The van der Waals surface area contributed by atoms with Crippen molar-refractivity contribution in [2.24, 2.45) is 0 Å². The average Bonchev–Trinajstić information content (AvgIpc) is 2.49. The maximum atomic E-state index is 5.42. The Morgan fingerprint density at radius 1 is 1.11 bits per heavy atom. The predicted molar refractivity (Wildman–Crippen MR) is 72.5 cm³/mol. The molecule has 0 saturated heterocycles. The quantitative estimate of drug-likeness (QED) is 0.887. The molecule has 2 aromatic rings. The van der Waals surface area contributed by atoms with E-state index in [9.17, 15) is 0 Å². The fourth-order valence-electron chi connectivity index (χ4n) is 2.06. The van der Waals surface area contributed by atoms with E-state index < -0.39 is 0 Å². The Morgan fingerprint density at radius 3 is 2.26 bits per heavy atom. The molecule has 0 spiro atoms. The largest absolute Gasteiger partial charge is 0.496 e. The minimum absolute atomic E-state index is 0.139. The van der Waals surface area contributed by atoms with Crippen molar-refractivity contribution in [2.75, 3.05) is 21.3 Å². The van der Waals surface area contributed by atoms with Crippen molar-refractivity contribution in [1.29, 1.82) is 0 Å². The fourth-order valence-corrected chi connectivity index (χ4v) is 2.06. The molecule has 0 amide bonds. The van der Waals surface area contributed by atoms with E-state index in [0.29, 0.717) is 0 Å². The van der Waals surface area contributed by atoms with Gasteiger partial charge in [-0.1, -0.05) is 6.07 Å². The van der Waals surface area contributed by atoms with Gasteiger partial charge < -0.3 is 14.8 Å². The van der Waals surface area contributed by atoms with Crippen LogP contribution in [-0.4, -0.2) is 31.2 Å². The molecular formula is C14H17N3O2. The summed E-state index contributed by atoms with van der Waals surface area (Å²) in [4.78, 5) is 8.45. The van der Waals surface area contributed by atoms with Gasteiger partial charge >= 0.3 is 0 Å². The Kier molecular flexibility index (Phi) is 4.30. The highest BCUT2D eigenvalue weighted by molar-refractivity contribution is 5.49. The zero-order valence-electron chi connectivity index (χ0n) is 11.3. The lowest BCUT2D eigenvalue weighted by atomic mass is 10.0. The monoisotopic (exact) mass is 259 g/mol. The summed E-state index contributed by atoms with van der Waals surface area (Å²) in [6, 6.07) is 5.56. The van der Waals surface area contributed by atoms with Gasteiger partial charge in [0.05, 0.1) is 37.7 Å². The molecule has 1 heterocycles. The first-order valence-corrected chi connectivity index (χ1v) is 5.95. The van der Waals surface area contributed by atoms with E-state index >= 15 is 0 Å². The molecule has 0 aliphatic heterocycles. The van der Waals surface area contributed by atoms with Crippen LogP contribution >= 0.6 is 0 Å². The van der Waals surface area contributed by atoms with Gasteiger partial charge in [0.1, 0.15) is 11.5 Å². The van der Waals surface area contributed by atoms with E-state index in [1.807, 2.05) is 25.2 Å². The summed E-state index contributed by atoms with van der Waals surface area (Å²) in [7, 11) is 5.15. The molecule has 1 aromatic heterocycles. The van der Waals surface area contributed by atoms with Crippen LogP contribution in [0.2, 0.25) is 0 Å². The molecule has 19 heavy (non-hydrogen) atoms. The maximum absolute atomic E-state index is 5.42. The number of hydrogen-bond donors (Lipinski definition) is 1. The first kappa shape index (κ1) is 13.3. The van der Waals surface area contributed by atoms with Crippen LogP contribution < -0.4 is 14.8 Å². The Morgan fingerprint density at radius 2 is 1.79 bits per heavy atom. The van der Waals surface area contributed by atoms with Gasteiger partial charge in [-0.25, -0.2) is 0 Å². The number of benzene rings is 1. The molecule has 1 unspecified atom stereocenters. The van der Waals surface area contributed by atoms with E-state index in [1.165, 1.54) is 0 Å². The topological polar surface area (TPSA) is 56.3 Å². The first-order chi connectivity index (χ1) is 9.31. The summed E-state index contributed by atoms with van der Waals surface area (Å²) in [5.41, 5.74) is 1.73. The SMILES string of the molecule is CNC(c1cnccn1)c1c(OC)cccc1OC. The highest BCUT2D eigenvalue weighted by Gasteiger charge is 2.22. The number of nitrogens with one attached hydrogen (secondary N) is 1. The van der Waals surface area contributed by atoms with Crippen molar-refractivity contribution < 1.29 is 9.47 Å². The van der Waals surface area contributed by atoms with Gasteiger partial charge in [0, 0.05) is 12.4 Å². The van der Waals surface area contributed by atoms with Crippen molar-refractivity contribution in [1.82, 2.24) is 15.3 Å². The summed E-state index contributed by atoms with van der Waals surface area (Å²) in [6.45, 7) is 0. The van der Waals surface area contributed by atoms with Crippen LogP contribution in [0, 0.1) is 0 Å². The summed E-state index contributed by atoms with van der Waals surface area (Å²) in [6.07, 6.45) is 5.05. The molecule has 0 fully saturated rings. The molecule has 1 N–H and O–H groups in total. The second-order valence-electron chi connectivity index (χ2n) is 3.93. The zero-order valence-corrected chi connectivity index (χ0v) is 11.3. The van der Waals surface area contributed by atoms with Crippen LogP contribution in [0.5, 0.6) is 11.5 Å². The normalized spacial score (nSPS) is 11.9. The third-order valence-corrected chi connectivity index (χ3v) is 2.92. The number of hydrogen-bond acceptors (Lipinski definition) is 5. The number of nitrogens with zero attached hydrogens (tertiary/aromatic N) is 2. The molecule has 1 atom stereocenters. The minimum atomic E-state index is -0.139. The van der Waals surface area contributed by atoms with Crippen molar-refractivity contribution in [2.45, 2.75) is 6.04 Å². The molecule has 100 valence electrons. The van der Waals surface area contributed by atoms with E-state index in [4.69, 9.17) is 9.47 Å². The van der Waals surface area contributed by atoms with Crippen LogP contribution in [-0.2, 0) is 0 Å². The number of ether oxygens (including phenoxy) is 2. The first-order valence-electron chi connectivity index (χ1n) is 5.95. The zero-order chi connectivity index (χ0) is 13.7. The molecule has 0 radical (unpaired) electrons. The Bertz CT molecular complexity index is 509. The smallest absolute Gasteiger partial charge is 0.127 e. The van der Waals surface area contributed by atoms with Crippen LogP contribution in [0.3, 0.4) is 0 Å². The lowest BCUT2D eigenvalue weighted by Gasteiger charge is -2.21. The van der Waals surface area contributed by atoms with Crippen LogP contribution in [0.15, 0.2) is 36.8 Å². The second kappa shape index (κ2) is 6.15. The molecule has 5 nitrogen and oxygen atoms in total. The number of methoxy groups -OCH3 is 2. The second-order valence-corrected chi connectivity index (χ2v) is 3.93. The van der Waals surface area contributed by atoms with Gasteiger partial charge in [-0.2, -0.15) is 0 Å².